The maximum atomic E-state index is 10.9. The highest BCUT2D eigenvalue weighted by molar-refractivity contribution is 9.10. The molecule has 0 aliphatic carbocycles. The lowest BCUT2D eigenvalue weighted by molar-refractivity contribution is -0.136. The SMILES string of the molecule is CCC(Sc1cccc(Br)c1C#N)C(=O)O. The lowest BCUT2D eigenvalue weighted by Crippen LogP contribution is -2.14. The molecular weight excluding hydrogens is 290 g/mol. The van der Waals surface area contributed by atoms with Gasteiger partial charge in [0.05, 0.1) is 5.56 Å². The number of hydrogen-bond donors (Lipinski definition) is 1. The Morgan fingerprint density at radius 2 is 2.38 bits per heavy atom. The number of carbonyl (C=O) groups is 1. The van der Waals surface area contributed by atoms with Gasteiger partial charge >= 0.3 is 5.97 Å². The predicted octanol–water partition coefficient (Wildman–Crippen LogP) is 3.28. The van der Waals surface area contributed by atoms with Gasteiger partial charge in [-0.2, -0.15) is 5.26 Å². The highest BCUT2D eigenvalue weighted by Gasteiger charge is 2.18. The summed E-state index contributed by atoms with van der Waals surface area (Å²) in [6.45, 7) is 1.82. The third kappa shape index (κ3) is 3.00. The largest absolute Gasteiger partial charge is 0.480 e. The Labute approximate surface area is 107 Å². The fraction of sp³-hybridized carbons (Fsp3) is 0.273. The number of rotatable bonds is 4. The van der Waals surface area contributed by atoms with E-state index in [-0.39, 0.29) is 0 Å². The molecule has 1 N–H and O–H groups in total. The molecule has 1 unspecified atom stereocenters. The maximum absolute atomic E-state index is 10.9. The van der Waals surface area contributed by atoms with Gasteiger partial charge in [-0.3, -0.25) is 4.79 Å². The quantitative estimate of drug-likeness (QED) is 0.867. The molecule has 0 saturated heterocycles. The second kappa shape index (κ2) is 5.92. The number of hydrogen-bond acceptors (Lipinski definition) is 3. The Hall–Kier alpha value is -0.990. The van der Waals surface area contributed by atoms with E-state index < -0.39 is 11.2 Å². The molecule has 0 spiro atoms. The van der Waals surface area contributed by atoms with Crippen molar-refractivity contribution in [3.8, 4) is 6.07 Å². The molecule has 1 atom stereocenters. The number of nitriles is 1. The Kier molecular flexibility index (Phi) is 4.84. The first kappa shape index (κ1) is 13.1. The summed E-state index contributed by atoms with van der Waals surface area (Å²) in [5.74, 6) is -0.851. The molecule has 0 radical (unpaired) electrons. The van der Waals surface area contributed by atoms with E-state index in [0.29, 0.717) is 21.4 Å². The number of aliphatic carboxylic acids is 1. The highest BCUT2D eigenvalue weighted by atomic mass is 79.9. The number of nitrogens with zero attached hydrogens (tertiary/aromatic N) is 1. The van der Waals surface area contributed by atoms with Crippen molar-refractivity contribution in [2.45, 2.75) is 23.5 Å². The molecule has 1 aromatic rings. The summed E-state index contributed by atoms with van der Waals surface area (Å²) in [6.07, 6.45) is 0.525. The summed E-state index contributed by atoms with van der Waals surface area (Å²) in [5, 5.41) is 17.4. The second-order valence-corrected chi connectivity index (χ2v) is 5.18. The van der Waals surface area contributed by atoms with E-state index in [2.05, 4.69) is 22.0 Å². The molecule has 0 fully saturated rings. The van der Waals surface area contributed by atoms with Gasteiger partial charge in [-0.05, 0) is 34.5 Å². The van der Waals surface area contributed by atoms with Crippen LogP contribution < -0.4 is 0 Å². The van der Waals surface area contributed by atoms with E-state index in [0.717, 1.165) is 0 Å². The minimum atomic E-state index is -0.851. The van der Waals surface area contributed by atoms with Crippen molar-refractivity contribution in [1.29, 1.82) is 5.26 Å². The highest BCUT2D eigenvalue weighted by Crippen LogP contribution is 2.32. The van der Waals surface area contributed by atoms with E-state index >= 15 is 0 Å². The lowest BCUT2D eigenvalue weighted by Gasteiger charge is -2.10. The van der Waals surface area contributed by atoms with Crippen LogP contribution in [0.2, 0.25) is 0 Å². The van der Waals surface area contributed by atoms with Gasteiger partial charge in [0.2, 0.25) is 0 Å². The molecule has 0 aliphatic heterocycles. The van der Waals surface area contributed by atoms with E-state index in [9.17, 15) is 4.79 Å². The summed E-state index contributed by atoms with van der Waals surface area (Å²) in [5.41, 5.74) is 0.493. The summed E-state index contributed by atoms with van der Waals surface area (Å²) in [6, 6.07) is 7.40. The van der Waals surface area contributed by atoms with Gasteiger partial charge in [-0.25, -0.2) is 0 Å². The van der Waals surface area contributed by atoms with Crippen LogP contribution >= 0.6 is 27.7 Å². The predicted molar refractivity (Wildman–Crippen MR) is 66.4 cm³/mol. The summed E-state index contributed by atoms with van der Waals surface area (Å²) in [4.78, 5) is 11.6. The van der Waals surface area contributed by atoms with Gasteiger partial charge in [0.1, 0.15) is 11.3 Å². The van der Waals surface area contributed by atoms with E-state index in [1.54, 1.807) is 18.2 Å². The van der Waals surface area contributed by atoms with E-state index in [4.69, 9.17) is 10.4 Å². The monoisotopic (exact) mass is 299 g/mol. The molecule has 1 rings (SSSR count). The van der Waals surface area contributed by atoms with Crippen molar-refractivity contribution in [3.05, 3.63) is 28.2 Å². The van der Waals surface area contributed by atoms with Crippen LogP contribution in [0.4, 0.5) is 0 Å². The third-order valence-corrected chi connectivity index (χ3v) is 4.08. The van der Waals surface area contributed by atoms with Gasteiger partial charge < -0.3 is 5.11 Å². The Bertz CT molecular complexity index is 442. The topological polar surface area (TPSA) is 61.1 Å². The number of halogens is 1. The zero-order chi connectivity index (χ0) is 12.1. The van der Waals surface area contributed by atoms with Crippen LogP contribution in [0.25, 0.3) is 0 Å². The van der Waals surface area contributed by atoms with Crippen LogP contribution in [-0.4, -0.2) is 16.3 Å². The molecule has 0 bridgehead atoms. The number of carboxylic acid groups (broad SMARTS) is 1. The Balaban J connectivity index is 3.02. The van der Waals surface area contributed by atoms with E-state index in [1.807, 2.05) is 6.92 Å². The number of thioether (sulfide) groups is 1. The molecule has 3 nitrogen and oxygen atoms in total. The first-order valence-corrected chi connectivity index (χ1v) is 6.35. The molecule has 0 saturated carbocycles. The minimum absolute atomic E-state index is 0.493. The molecule has 5 heteroatoms. The Morgan fingerprint density at radius 1 is 1.69 bits per heavy atom. The van der Waals surface area contributed by atoms with Crippen molar-refractivity contribution >= 4 is 33.7 Å². The summed E-state index contributed by atoms with van der Waals surface area (Å²) >= 11 is 4.48. The normalized spacial score (nSPS) is 11.8. The van der Waals surface area contributed by atoms with Crippen LogP contribution in [-0.2, 0) is 4.79 Å². The minimum Gasteiger partial charge on any atom is -0.480 e. The summed E-state index contributed by atoms with van der Waals surface area (Å²) < 4.78 is 0.695. The van der Waals surface area contributed by atoms with Gasteiger partial charge in [0.25, 0.3) is 0 Å². The molecule has 16 heavy (non-hydrogen) atoms. The maximum Gasteiger partial charge on any atom is 0.316 e. The van der Waals surface area contributed by atoms with Crippen molar-refractivity contribution in [2.24, 2.45) is 0 Å². The standard InChI is InChI=1S/C11H10BrNO2S/c1-2-9(11(14)15)16-10-5-3-4-8(12)7(10)6-13/h3-5,9H,2H2,1H3,(H,14,15). The number of benzene rings is 1. The van der Waals surface area contributed by atoms with Crippen molar-refractivity contribution in [1.82, 2.24) is 0 Å². The molecule has 0 heterocycles. The molecule has 0 aromatic heterocycles. The lowest BCUT2D eigenvalue weighted by atomic mass is 10.2. The Morgan fingerprint density at radius 3 is 2.88 bits per heavy atom. The van der Waals surface area contributed by atoms with Gasteiger partial charge in [0, 0.05) is 9.37 Å². The third-order valence-electron chi connectivity index (χ3n) is 2.00. The number of carboxylic acids is 1. The van der Waals surface area contributed by atoms with Crippen LogP contribution in [0.3, 0.4) is 0 Å². The van der Waals surface area contributed by atoms with Gasteiger partial charge in [-0.1, -0.05) is 13.0 Å². The smallest absolute Gasteiger partial charge is 0.316 e. The zero-order valence-corrected chi connectivity index (χ0v) is 11.0. The average Bonchev–Trinajstić information content (AvgIpc) is 2.25. The first-order valence-electron chi connectivity index (χ1n) is 4.68. The fourth-order valence-corrected chi connectivity index (χ4v) is 2.76. The van der Waals surface area contributed by atoms with Crippen molar-refractivity contribution < 1.29 is 9.90 Å². The summed E-state index contributed by atoms with van der Waals surface area (Å²) in [7, 11) is 0. The molecule has 0 aliphatic rings. The van der Waals surface area contributed by atoms with Crippen LogP contribution in [0.1, 0.15) is 18.9 Å². The zero-order valence-electron chi connectivity index (χ0n) is 8.61. The van der Waals surface area contributed by atoms with Crippen LogP contribution in [0.15, 0.2) is 27.6 Å². The van der Waals surface area contributed by atoms with Gasteiger partial charge in [-0.15, -0.1) is 11.8 Å². The second-order valence-electron chi connectivity index (χ2n) is 3.08. The van der Waals surface area contributed by atoms with Crippen molar-refractivity contribution in [3.63, 3.8) is 0 Å². The first-order chi connectivity index (χ1) is 7.60. The van der Waals surface area contributed by atoms with Gasteiger partial charge in [0.15, 0.2) is 0 Å². The molecule has 84 valence electrons. The van der Waals surface area contributed by atoms with Crippen LogP contribution in [0.5, 0.6) is 0 Å². The van der Waals surface area contributed by atoms with Crippen LogP contribution in [0, 0.1) is 11.3 Å². The fourth-order valence-electron chi connectivity index (χ4n) is 1.17. The average molecular weight is 300 g/mol. The molecule has 1 aromatic carbocycles. The van der Waals surface area contributed by atoms with Crippen molar-refractivity contribution in [2.75, 3.05) is 0 Å². The van der Waals surface area contributed by atoms with E-state index in [1.165, 1.54) is 11.8 Å². The molecule has 0 amide bonds. The molecular formula is C11H10BrNO2S.